The second-order valence-electron chi connectivity index (χ2n) is 10.2. The van der Waals surface area contributed by atoms with Gasteiger partial charge in [0.1, 0.15) is 52.7 Å². The molecule has 4 aromatic rings. The number of esters is 3. The van der Waals surface area contributed by atoms with E-state index in [2.05, 4.69) is 0 Å². The summed E-state index contributed by atoms with van der Waals surface area (Å²) >= 11 is 0. The van der Waals surface area contributed by atoms with Crippen molar-refractivity contribution in [3.05, 3.63) is 80.5 Å². The number of hydrogen-bond donors (Lipinski definition) is 2. The van der Waals surface area contributed by atoms with Gasteiger partial charge in [-0.25, -0.2) is 9.59 Å². The van der Waals surface area contributed by atoms with Crippen LogP contribution in [0.1, 0.15) is 54.2 Å². The third-order valence-electron chi connectivity index (χ3n) is 6.79. The Bertz CT molecular complexity index is 1730. The van der Waals surface area contributed by atoms with E-state index in [0.717, 1.165) is 12.1 Å². The molecule has 0 saturated carbocycles. The molecule has 0 saturated heterocycles. The van der Waals surface area contributed by atoms with Crippen LogP contribution >= 0.6 is 0 Å². The molecule has 14 nitrogen and oxygen atoms in total. The first-order chi connectivity index (χ1) is 22.7. The number of carbonyl (C=O) groups is 3. The molecule has 0 aliphatic carbocycles. The van der Waals surface area contributed by atoms with Crippen LogP contribution in [0.5, 0.6) is 11.5 Å². The standard InChI is InChI=1S/C33H36N2O12/c1-3-41-32(39)27-15-21(36)29-23(10-7-12-25(29)46-27)43-17-19(45-31(38)20(35)9-5-6-14-34)18-44-24-11-8-13-26-30(24)22(37)16-28(47-26)33(40)42-4-2/h7-8,10-13,15-16,19-20H,3-6,9,14,17-18,34-35H2,1-2H3/t20-/m0/s1. The van der Waals surface area contributed by atoms with Crippen molar-refractivity contribution in [1.29, 1.82) is 0 Å². The van der Waals surface area contributed by atoms with Gasteiger partial charge in [-0.3, -0.25) is 14.4 Å². The summed E-state index contributed by atoms with van der Waals surface area (Å²) in [6.45, 7) is 3.30. The average Bonchev–Trinajstić information content (AvgIpc) is 3.05. The fraction of sp³-hybridized carbons (Fsp3) is 0.364. The van der Waals surface area contributed by atoms with Crippen LogP contribution in [0.2, 0.25) is 0 Å². The number of carbonyl (C=O) groups excluding carboxylic acids is 3. The molecule has 1 atom stereocenters. The topological polar surface area (TPSA) is 210 Å². The van der Waals surface area contributed by atoms with Gasteiger partial charge in [-0.1, -0.05) is 18.6 Å². The molecular weight excluding hydrogens is 616 g/mol. The number of benzene rings is 2. The van der Waals surface area contributed by atoms with Gasteiger partial charge in [-0.2, -0.15) is 0 Å². The summed E-state index contributed by atoms with van der Waals surface area (Å²) in [6, 6.07) is 10.2. The number of nitrogens with two attached hydrogens (primary N) is 2. The van der Waals surface area contributed by atoms with Crippen molar-refractivity contribution in [2.75, 3.05) is 33.0 Å². The van der Waals surface area contributed by atoms with Crippen LogP contribution < -0.4 is 31.8 Å². The van der Waals surface area contributed by atoms with Gasteiger partial charge in [0.15, 0.2) is 17.0 Å². The Morgan fingerprint density at radius 3 is 1.70 bits per heavy atom. The van der Waals surface area contributed by atoms with E-state index < -0.39 is 40.9 Å². The molecule has 2 aromatic heterocycles. The maximum absolute atomic E-state index is 13.0. The van der Waals surface area contributed by atoms with Gasteiger partial charge in [0.05, 0.1) is 13.2 Å². The average molecular weight is 653 g/mol. The fourth-order valence-electron chi connectivity index (χ4n) is 4.56. The highest BCUT2D eigenvalue weighted by molar-refractivity contribution is 5.91. The Morgan fingerprint density at radius 2 is 1.26 bits per heavy atom. The van der Waals surface area contributed by atoms with E-state index in [-0.39, 0.29) is 71.4 Å². The van der Waals surface area contributed by atoms with Gasteiger partial charge in [-0.05, 0) is 57.5 Å². The van der Waals surface area contributed by atoms with E-state index in [1.807, 2.05) is 0 Å². The molecule has 0 fully saturated rings. The molecule has 0 bridgehead atoms. The van der Waals surface area contributed by atoms with Gasteiger partial charge in [0, 0.05) is 12.1 Å². The normalized spacial score (nSPS) is 11.8. The lowest BCUT2D eigenvalue weighted by atomic mass is 10.1. The van der Waals surface area contributed by atoms with E-state index in [9.17, 15) is 24.0 Å². The van der Waals surface area contributed by atoms with E-state index in [4.69, 9.17) is 44.0 Å². The first kappa shape index (κ1) is 34.7. The Balaban J connectivity index is 1.59. The monoisotopic (exact) mass is 652 g/mol. The summed E-state index contributed by atoms with van der Waals surface area (Å²) in [5.41, 5.74) is 10.6. The summed E-state index contributed by atoms with van der Waals surface area (Å²) in [6.07, 6.45) is 0.555. The summed E-state index contributed by atoms with van der Waals surface area (Å²) in [5.74, 6) is -2.63. The summed E-state index contributed by atoms with van der Waals surface area (Å²) < 4.78 is 38.5. The highest BCUT2D eigenvalue weighted by Crippen LogP contribution is 2.26. The quantitative estimate of drug-likeness (QED) is 0.101. The second kappa shape index (κ2) is 16.4. The lowest BCUT2D eigenvalue weighted by Crippen LogP contribution is -2.39. The fourth-order valence-corrected chi connectivity index (χ4v) is 4.56. The van der Waals surface area contributed by atoms with Crippen LogP contribution in [-0.4, -0.2) is 63.0 Å². The molecule has 250 valence electrons. The highest BCUT2D eigenvalue weighted by Gasteiger charge is 2.24. The SMILES string of the molecule is CCOC(=O)c1cc(=O)c2c(OCC(COc3cccc4oc(C(=O)OCC)cc(=O)c34)OC(=O)[C@@H](N)CCCCN)cccc2o1. The number of hydrogen-bond acceptors (Lipinski definition) is 14. The van der Waals surface area contributed by atoms with E-state index >= 15 is 0 Å². The van der Waals surface area contributed by atoms with Gasteiger partial charge >= 0.3 is 17.9 Å². The van der Waals surface area contributed by atoms with Crippen molar-refractivity contribution in [2.45, 2.75) is 45.3 Å². The molecule has 47 heavy (non-hydrogen) atoms. The summed E-state index contributed by atoms with van der Waals surface area (Å²) in [7, 11) is 0. The highest BCUT2D eigenvalue weighted by atomic mass is 16.6. The minimum atomic E-state index is -1.08. The lowest BCUT2D eigenvalue weighted by molar-refractivity contribution is -0.154. The van der Waals surface area contributed by atoms with E-state index in [1.54, 1.807) is 26.0 Å². The molecule has 2 aromatic carbocycles. The Labute approximate surface area is 268 Å². The molecule has 4 rings (SSSR count). The third-order valence-corrected chi connectivity index (χ3v) is 6.79. The van der Waals surface area contributed by atoms with Crippen LogP contribution in [0.3, 0.4) is 0 Å². The van der Waals surface area contributed by atoms with Gasteiger partial charge in [0.2, 0.25) is 11.5 Å². The molecule has 14 heteroatoms. The largest absolute Gasteiger partial charge is 0.489 e. The zero-order valence-corrected chi connectivity index (χ0v) is 26.0. The van der Waals surface area contributed by atoms with Crippen molar-refractivity contribution < 1.29 is 46.9 Å². The maximum atomic E-state index is 13.0. The number of fused-ring (bicyclic) bond motifs is 2. The molecule has 2 heterocycles. The van der Waals surface area contributed by atoms with Crippen molar-refractivity contribution in [2.24, 2.45) is 11.5 Å². The van der Waals surface area contributed by atoms with E-state index in [0.29, 0.717) is 25.8 Å². The van der Waals surface area contributed by atoms with Gasteiger partial charge in [0.25, 0.3) is 0 Å². The summed E-state index contributed by atoms with van der Waals surface area (Å²) in [5, 5.41) is 0.100. The molecule has 0 aliphatic rings. The molecule has 4 N–H and O–H groups in total. The maximum Gasteiger partial charge on any atom is 0.374 e. The smallest absolute Gasteiger partial charge is 0.374 e. The van der Waals surface area contributed by atoms with Crippen LogP contribution in [0, 0.1) is 0 Å². The van der Waals surface area contributed by atoms with Crippen LogP contribution in [0.4, 0.5) is 0 Å². The van der Waals surface area contributed by atoms with Crippen molar-refractivity contribution in [1.82, 2.24) is 0 Å². The Hall–Kier alpha value is -5.21. The predicted octanol–water partition coefficient (Wildman–Crippen LogP) is 3.08. The molecule has 0 amide bonds. The Morgan fingerprint density at radius 1 is 0.766 bits per heavy atom. The molecule has 0 unspecified atom stereocenters. The molecule has 0 spiro atoms. The van der Waals surface area contributed by atoms with E-state index in [1.165, 1.54) is 24.3 Å². The molecule has 0 aliphatic heterocycles. The number of unbranched alkanes of at least 4 members (excludes halogenated alkanes) is 1. The van der Waals surface area contributed by atoms with Crippen LogP contribution in [0.25, 0.3) is 21.9 Å². The van der Waals surface area contributed by atoms with Crippen molar-refractivity contribution in [3.63, 3.8) is 0 Å². The number of ether oxygens (including phenoxy) is 5. The third kappa shape index (κ3) is 8.74. The minimum absolute atomic E-state index is 0.0501. The summed E-state index contributed by atoms with van der Waals surface area (Å²) in [4.78, 5) is 63.1. The number of rotatable bonds is 16. The first-order valence-electron chi connectivity index (χ1n) is 15.1. The van der Waals surface area contributed by atoms with Gasteiger partial charge < -0.3 is 44.0 Å². The van der Waals surface area contributed by atoms with Crippen molar-refractivity contribution in [3.8, 4) is 11.5 Å². The van der Waals surface area contributed by atoms with Gasteiger partial charge in [-0.15, -0.1) is 0 Å². The van der Waals surface area contributed by atoms with Crippen molar-refractivity contribution >= 4 is 39.8 Å². The predicted molar refractivity (Wildman–Crippen MR) is 169 cm³/mol. The first-order valence-corrected chi connectivity index (χ1v) is 15.1. The minimum Gasteiger partial charge on any atom is -0.489 e. The lowest BCUT2D eigenvalue weighted by Gasteiger charge is -2.21. The molecular formula is C33H36N2O12. The van der Waals surface area contributed by atoms with Crippen LogP contribution in [-0.2, 0) is 19.0 Å². The zero-order chi connectivity index (χ0) is 33.9. The second-order valence-corrected chi connectivity index (χ2v) is 10.2. The van der Waals surface area contributed by atoms with Crippen LogP contribution in [0.15, 0.2) is 67.0 Å². The zero-order valence-electron chi connectivity index (χ0n) is 26.0. The Kier molecular flexibility index (Phi) is 12.1. The molecule has 0 radical (unpaired) electrons.